The minimum atomic E-state index is -1.01. The van der Waals surface area contributed by atoms with Crippen molar-refractivity contribution in [2.45, 2.75) is 25.3 Å². The highest BCUT2D eigenvalue weighted by Crippen LogP contribution is 2.24. The van der Waals surface area contributed by atoms with E-state index in [1.54, 1.807) is 0 Å². The number of aliphatic carboxylic acids is 1. The quantitative estimate of drug-likeness (QED) is 0.905. The molecular formula is C15H19NO4. The summed E-state index contributed by atoms with van der Waals surface area (Å²) in [5, 5.41) is 9.21. The van der Waals surface area contributed by atoms with E-state index in [9.17, 15) is 14.7 Å². The van der Waals surface area contributed by atoms with E-state index in [1.165, 1.54) is 4.90 Å². The summed E-state index contributed by atoms with van der Waals surface area (Å²) in [6, 6.07) is 8.60. The molecule has 1 aromatic rings. The van der Waals surface area contributed by atoms with E-state index < -0.39 is 12.0 Å². The molecule has 0 spiro atoms. The lowest BCUT2D eigenvalue weighted by molar-refractivity contribution is -0.159. The van der Waals surface area contributed by atoms with Crippen molar-refractivity contribution in [3.05, 3.63) is 35.9 Å². The van der Waals surface area contributed by atoms with Crippen LogP contribution in [0.5, 0.6) is 0 Å². The second-order valence-electron chi connectivity index (χ2n) is 4.83. The van der Waals surface area contributed by atoms with Gasteiger partial charge >= 0.3 is 5.97 Å². The minimum Gasteiger partial charge on any atom is -0.480 e. The van der Waals surface area contributed by atoms with Gasteiger partial charge in [-0.3, -0.25) is 4.79 Å². The van der Waals surface area contributed by atoms with Crippen molar-refractivity contribution < 1.29 is 19.4 Å². The molecule has 1 aliphatic heterocycles. The van der Waals surface area contributed by atoms with E-state index >= 15 is 0 Å². The summed E-state index contributed by atoms with van der Waals surface area (Å²) in [6.45, 7) is 2.72. The van der Waals surface area contributed by atoms with E-state index in [2.05, 4.69) is 0 Å². The third-order valence-corrected chi connectivity index (χ3v) is 3.60. The molecule has 1 fully saturated rings. The number of carbonyl (C=O) groups excluding carboxylic acids is 1. The van der Waals surface area contributed by atoms with Crippen LogP contribution in [-0.2, 0) is 14.3 Å². The van der Waals surface area contributed by atoms with Gasteiger partial charge in [-0.05, 0) is 12.0 Å². The van der Waals surface area contributed by atoms with Crippen molar-refractivity contribution in [3.63, 3.8) is 0 Å². The Morgan fingerprint density at radius 1 is 1.40 bits per heavy atom. The highest BCUT2D eigenvalue weighted by atomic mass is 16.5. The van der Waals surface area contributed by atoms with Gasteiger partial charge < -0.3 is 14.7 Å². The van der Waals surface area contributed by atoms with Crippen molar-refractivity contribution in [2.75, 3.05) is 19.8 Å². The third kappa shape index (κ3) is 2.99. The van der Waals surface area contributed by atoms with Crippen LogP contribution in [0, 0.1) is 0 Å². The maximum atomic E-state index is 12.7. The monoisotopic (exact) mass is 277 g/mol. The van der Waals surface area contributed by atoms with E-state index in [1.807, 2.05) is 37.3 Å². The smallest absolute Gasteiger partial charge is 0.328 e. The molecule has 0 unspecified atom stereocenters. The van der Waals surface area contributed by atoms with E-state index in [0.717, 1.165) is 5.56 Å². The Hall–Kier alpha value is -1.88. The maximum absolute atomic E-state index is 12.7. The van der Waals surface area contributed by atoms with Crippen molar-refractivity contribution in [3.8, 4) is 0 Å². The van der Waals surface area contributed by atoms with Gasteiger partial charge in [0.25, 0.3) is 0 Å². The first kappa shape index (κ1) is 14.5. The predicted octanol–water partition coefficient (Wildman–Crippen LogP) is 1.49. The number of nitrogens with zero attached hydrogens (tertiary/aromatic N) is 1. The Morgan fingerprint density at radius 2 is 2.10 bits per heavy atom. The largest absolute Gasteiger partial charge is 0.480 e. The second-order valence-corrected chi connectivity index (χ2v) is 4.83. The molecule has 5 nitrogen and oxygen atoms in total. The van der Waals surface area contributed by atoms with Gasteiger partial charge in [0.1, 0.15) is 0 Å². The molecule has 0 aromatic heterocycles. The van der Waals surface area contributed by atoms with Crippen LogP contribution < -0.4 is 0 Å². The number of benzene rings is 1. The van der Waals surface area contributed by atoms with Gasteiger partial charge in [-0.1, -0.05) is 37.3 Å². The maximum Gasteiger partial charge on any atom is 0.328 e. The zero-order chi connectivity index (χ0) is 14.5. The molecule has 1 aliphatic rings. The fourth-order valence-corrected chi connectivity index (χ4v) is 2.51. The molecule has 0 bridgehead atoms. The van der Waals surface area contributed by atoms with Crippen molar-refractivity contribution in [1.82, 2.24) is 4.90 Å². The summed E-state index contributed by atoms with van der Waals surface area (Å²) in [4.78, 5) is 25.3. The lowest BCUT2D eigenvalue weighted by atomic mass is 9.94. The Kier molecular flexibility index (Phi) is 4.74. The normalized spacial score (nSPS) is 20.4. The van der Waals surface area contributed by atoms with Crippen LogP contribution in [0.25, 0.3) is 0 Å². The predicted molar refractivity (Wildman–Crippen MR) is 73.4 cm³/mol. The van der Waals surface area contributed by atoms with Crippen molar-refractivity contribution >= 4 is 11.9 Å². The number of rotatable bonds is 4. The van der Waals surface area contributed by atoms with Gasteiger partial charge in [0.15, 0.2) is 6.04 Å². The molecule has 0 saturated carbocycles. The average Bonchev–Trinajstić information content (AvgIpc) is 2.49. The van der Waals surface area contributed by atoms with Crippen molar-refractivity contribution in [2.24, 2.45) is 0 Å². The first-order chi connectivity index (χ1) is 9.65. The first-order valence-electron chi connectivity index (χ1n) is 6.81. The highest BCUT2D eigenvalue weighted by Gasteiger charge is 2.35. The molecule has 20 heavy (non-hydrogen) atoms. The zero-order valence-electron chi connectivity index (χ0n) is 11.5. The van der Waals surface area contributed by atoms with Crippen LogP contribution in [0.3, 0.4) is 0 Å². The fraction of sp³-hybridized carbons (Fsp3) is 0.467. The van der Waals surface area contributed by atoms with Crippen LogP contribution in [0.15, 0.2) is 30.3 Å². The molecule has 1 aromatic carbocycles. The number of morpholine rings is 1. The summed E-state index contributed by atoms with van der Waals surface area (Å²) in [7, 11) is 0. The minimum absolute atomic E-state index is 0.0618. The number of amides is 1. The number of hydrogen-bond donors (Lipinski definition) is 1. The Bertz CT molecular complexity index is 474. The Labute approximate surface area is 118 Å². The number of carboxylic acids is 1. The average molecular weight is 277 g/mol. The third-order valence-electron chi connectivity index (χ3n) is 3.60. The van der Waals surface area contributed by atoms with Gasteiger partial charge in [0.2, 0.25) is 5.91 Å². The SMILES string of the molecule is CC[C@H](C(=O)N1CCOC[C@@H]1C(=O)O)c1ccccc1. The summed E-state index contributed by atoms with van der Waals surface area (Å²) >= 11 is 0. The van der Waals surface area contributed by atoms with Crippen LogP contribution in [0.1, 0.15) is 24.8 Å². The zero-order valence-corrected chi connectivity index (χ0v) is 11.5. The van der Waals surface area contributed by atoms with Gasteiger partial charge in [-0.2, -0.15) is 0 Å². The first-order valence-corrected chi connectivity index (χ1v) is 6.81. The Balaban J connectivity index is 2.21. The molecule has 1 N–H and O–H groups in total. The van der Waals surface area contributed by atoms with E-state index in [0.29, 0.717) is 19.6 Å². The summed E-state index contributed by atoms with van der Waals surface area (Å²) in [5.41, 5.74) is 0.927. The lowest BCUT2D eigenvalue weighted by Gasteiger charge is -2.35. The topological polar surface area (TPSA) is 66.8 Å². The van der Waals surface area contributed by atoms with Crippen LogP contribution in [-0.4, -0.2) is 47.7 Å². The molecule has 1 saturated heterocycles. The van der Waals surface area contributed by atoms with Gasteiger partial charge in [-0.25, -0.2) is 4.79 Å². The lowest BCUT2D eigenvalue weighted by Crippen LogP contribution is -2.53. The number of ether oxygens (including phenoxy) is 1. The number of carbonyl (C=O) groups is 2. The molecule has 2 atom stereocenters. The molecule has 5 heteroatoms. The molecule has 108 valence electrons. The summed E-state index contributed by atoms with van der Waals surface area (Å²) in [6.07, 6.45) is 0.645. The molecule has 0 radical (unpaired) electrons. The van der Waals surface area contributed by atoms with Gasteiger partial charge in [-0.15, -0.1) is 0 Å². The van der Waals surface area contributed by atoms with E-state index in [-0.39, 0.29) is 18.4 Å². The van der Waals surface area contributed by atoms with Crippen molar-refractivity contribution in [1.29, 1.82) is 0 Å². The van der Waals surface area contributed by atoms with E-state index in [4.69, 9.17) is 4.74 Å². The molecular weight excluding hydrogens is 258 g/mol. The molecule has 1 heterocycles. The summed E-state index contributed by atoms with van der Waals surface area (Å²) in [5.74, 6) is -1.44. The molecule has 2 rings (SSSR count). The number of carboxylic acid groups (broad SMARTS) is 1. The van der Waals surface area contributed by atoms with Gasteiger partial charge in [0.05, 0.1) is 19.1 Å². The summed E-state index contributed by atoms with van der Waals surface area (Å²) < 4.78 is 5.17. The van der Waals surface area contributed by atoms with Gasteiger partial charge in [0, 0.05) is 6.54 Å². The standard InChI is InChI=1S/C15H19NO4/c1-2-12(11-6-4-3-5-7-11)14(17)16-8-9-20-10-13(16)15(18)19/h3-7,12-13H,2,8-10H2,1H3,(H,18,19)/t12-,13+/m0/s1. The van der Waals surface area contributed by atoms with Crippen LogP contribution >= 0.6 is 0 Å². The molecule has 0 aliphatic carbocycles. The fourth-order valence-electron chi connectivity index (χ4n) is 2.51. The van der Waals surface area contributed by atoms with Crippen LogP contribution in [0.2, 0.25) is 0 Å². The Morgan fingerprint density at radius 3 is 2.70 bits per heavy atom. The number of hydrogen-bond acceptors (Lipinski definition) is 3. The highest BCUT2D eigenvalue weighted by molar-refractivity contribution is 5.88. The second kappa shape index (κ2) is 6.52. The van der Waals surface area contributed by atoms with Crippen LogP contribution in [0.4, 0.5) is 0 Å². The molecule has 1 amide bonds.